The van der Waals surface area contributed by atoms with Gasteiger partial charge in [-0.3, -0.25) is 4.90 Å². The molecule has 2 heterocycles. The molecule has 3 rings (SSSR count). The molecule has 0 bridgehead atoms. The van der Waals surface area contributed by atoms with Crippen molar-refractivity contribution in [1.29, 1.82) is 0 Å². The molecule has 0 amide bonds. The quantitative estimate of drug-likeness (QED) is 0.920. The van der Waals surface area contributed by atoms with Gasteiger partial charge in [0, 0.05) is 19.1 Å². The van der Waals surface area contributed by atoms with E-state index in [0.717, 1.165) is 17.9 Å². The lowest BCUT2D eigenvalue weighted by atomic mass is 10.0. The Balaban J connectivity index is 1.78. The van der Waals surface area contributed by atoms with Gasteiger partial charge in [-0.1, -0.05) is 26.0 Å². The number of likely N-dealkylation sites (tertiary alicyclic amines) is 1. The monoisotopic (exact) mass is 318 g/mol. The van der Waals surface area contributed by atoms with E-state index in [-0.39, 0.29) is 18.0 Å². The highest BCUT2D eigenvalue weighted by Crippen LogP contribution is 2.33. The SMILES string of the molecule is CC(C)Cn1ncnc1CN1CC(O)CC1c1ccc(F)cc1. The third kappa shape index (κ3) is 3.76. The first-order valence-electron chi connectivity index (χ1n) is 8.07. The van der Waals surface area contributed by atoms with Crippen LogP contribution in [0.5, 0.6) is 0 Å². The van der Waals surface area contributed by atoms with E-state index in [1.165, 1.54) is 12.1 Å². The standard InChI is InChI=1S/C17H23FN4O/c1-12(2)8-22-17(19-11-20-22)10-21-9-15(23)7-16(21)13-3-5-14(18)6-4-13/h3-6,11-12,15-16,23H,7-10H2,1-2H3. The van der Waals surface area contributed by atoms with Gasteiger partial charge < -0.3 is 5.11 Å². The molecule has 0 spiro atoms. The summed E-state index contributed by atoms with van der Waals surface area (Å²) >= 11 is 0. The Morgan fingerprint density at radius 2 is 2.04 bits per heavy atom. The summed E-state index contributed by atoms with van der Waals surface area (Å²) in [7, 11) is 0. The fourth-order valence-corrected chi connectivity index (χ4v) is 3.18. The average Bonchev–Trinajstić information content (AvgIpc) is 3.07. The summed E-state index contributed by atoms with van der Waals surface area (Å²) in [5, 5.41) is 14.4. The number of rotatable bonds is 5. The van der Waals surface area contributed by atoms with Crippen LogP contribution in [0.1, 0.15) is 37.7 Å². The van der Waals surface area contributed by atoms with E-state index in [0.29, 0.717) is 25.4 Å². The van der Waals surface area contributed by atoms with Crippen molar-refractivity contribution in [2.75, 3.05) is 6.54 Å². The van der Waals surface area contributed by atoms with Crippen molar-refractivity contribution in [2.24, 2.45) is 5.92 Å². The van der Waals surface area contributed by atoms with Gasteiger partial charge >= 0.3 is 0 Å². The Kier molecular flexibility index (Phi) is 4.73. The molecule has 1 aromatic heterocycles. The molecule has 23 heavy (non-hydrogen) atoms. The third-order valence-corrected chi connectivity index (χ3v) is 4.21. The highest BCUT2D eigenvalue weighted by molar-refractivity contribution is 5.21. The van der Waals surface area contributed by atoms with Crippen molar-refractivity contribution < 1.29 is 9.50 Å². The number of hydrogen-bond donors (Lipinski definition) is 1. The van der Waals surface area contributed by atoms with Gasteiger partial charge in [0.05, 0.1) is 12.6 Å². The fraction of sp³-hybridized carbons (Fsp3) is 0.529. The molecule has 1 aromatic carbocycles. The van der Waals surface area contributed by atoms with Gasteiger partial charge in [-0.05, 0) is 30.0 Å². The number of hydrogen-bond acceptors (Lipinski definition) is 4. The summed E-state index contributed by atoms with van der Waals surface area (Å²) in [6.07, 6.45) is 1.87. The fourth-order valence-electron chi connectivity index (χ4n) is 3.18. The molecule has 2 unspecified atom stereocenters. The van der Waals surface area contributed by atoms with Crippen molar-refractivity contribution >= 4 is 0 Å². The topological polar surface area (TPSA) is 54.2 Å². The minimum absolute atomic E-state index is 0.0785. The maximum atomic E-state index is 13.1. The van der Waals surface area contributed by atoms with Gasteiger partial charge in [0.2, 0.25) is 0 Å². The summed E-state index contributed by atoms with van der Waals surface area (Å²) in [5.41, 5.74) is 1.03. The minimum atomic E-state index is -0.369. The predicted octanol–water partition coefficient (Wildman–Crippen LogP) is 2.38. The number of aromatic nitrogens is 3. The average molecular weight is 318 g/mol. The van der Waals surface area contributed by atoms with E-state index in [1.807, 2.05) is 4.68 Å². The molecule has 1 fully saturated rings. The number of halogens is 1. The molecule has 1 N–H and O–H groups in total. The zero-order valence-corrected chi connectivity index (χ0v) is 13.6. The van der Waals surface area contributed by atoms with Crippen LogP contribution in [0.4, 0.5) is 4.39 Å². The van der Waals surface area contributed by atoms with Crippen LogP contribution in [0, 0.1) is 11.7 Å². The molecule has 1 aliphatic heterocycles. The van der Waals surface area contributed by atoms with Crippen molar-refractivity contribution in [3.05, 3.63) is 47.8 Å². The van der Waals surface area contributed by atoms with Crippen LogP contribution >= 0.6 is 0 Å². The van der Waals surface area contributed by atoms with E-state index >= 15 is 0 Å². The summed E-state index contributed by atoms with van der Waals surface area (Å²) in [6, 6.07) is 6.61. The van der Waals surface area contributed by atoms with Crippen LogP contribution < -0.4 is 0 Å². The molecule has 6 heteroatoms. The molecular formula is C17H23FN4O. The Bertz CT molecular complexity index is 640. The molecule has 0 saturated carbocycles. The van der Waals surface area contributed by atoms with E-state index < -0.39 is 0 Å². The molecule has 124 valence electrons. The number of nitrogens with zero attached hydrogens (tertiary/aromatic N) is 4. The molecule has 1 saturated heterocycles. The van der Waals surface area contributed by atoms with Gasteiger partial charge in [0.1, 0.15) is 18.0 Å². The van der Waals surface area contributed by atoms with Gasteiger partial charge in [-0.15, -0.1) is 0 Å². The molecular weight excluding hydrogens is 295 g/mol. The van der Waals surface area contributed by atoms with Crippen molar-refractivity contribution in [2.45, 2.75) is 45.5 Å². The number of β-amino-alcohol motifs (C(OH)–C–C–N with tert-alkyl or cyclic N) is 1. The highest BCUT2D eigenvalue weighted by atomic mass is 19.1. The van der Waals surface area contributed by atoms with Crippen LogP contribution in [0.15, 0.2) is 30.6 Å². The minimum Gasteiger partial charge on any atom is -0.392 e. The number of aliphatic hydroxyl groups is 1. The number of benzene rings is 1. The smallest absolute Gasteiger partial charge is 0.141 e. The van der Waals surface area contributed by atoms with Crippen LogP contribution in [-0.2, 0) is 13.1 Å². The van der Waals surface area contributed by atoms with Crippen LogP contribution in [-0.4, -0.2) is 37.4 Å². The van der Waals surface area contributed by atoms with Crippen molar-refractivity contribution in [3.8, 4) is 0 Å². The maximum absolute atomic E-state index is 13.1. The second-order valence-corrected chi connectivity index (χ2v) is 6.64. The van der Waals surface area contributed by atoms with E-state index in [2.05, 4.69) is 28.8 Å². The van der Waals surface area contributed by atoms with Gasteiger partial charge in [-0.2, -0.15) is 5.10 Å². The van der Waals surface area contributed by atoms with Crippen LogP contribution in [0.2, 0.25) is 0 Å². The first kappa shape index (κ1) is 16.1. The first-order valence-corrected chi connectivity index (χ1v) is 8.07. The summed E-state index contributed by atoms with van der Waals surface area (Å²) in [5.74, 6) is 1.16. The molecule has 1 aliphatic rings. The Hall–Kier alpha value is -1.79. The Morgan fingerprint density at radius 3 is 2.74 bits per heavy atom. The van der Waals surface area contributed by atoms with Crippen LogP contribution in [0.3, 0.4) is 0 Å². The number of aliphatic hydroxyl groups excluding tert-OH is 1. The predicted molar refractivity (Wildman–Crippen MR) is 85.0 cm³/mol. The second-order valence-electron chi connectivity index (χ2n) is 6.64. The summed E-state index contributed by atoms with van der Waals surface area (Å²) in [6.45, 7) is 6.34. The zero-order chi connectivity index (χ0) is 16.4. The molecule has 5 nitrogen and oxygen atoms in total. The van der Waals surface area contributed by atoms with E-state index in [9.17, 15) is 9.50 Å². The van der Waals surface area contributed by atoms with Gasteiger partial charge in [-0.25, -0.2) is 14.1 Å². The molecule has 0 aliphatic carbocycles. The lowest BCUT2D eigenvalue weighted by Crippen LogP contribution is -2.26. The zero-order valence-electron chi connectivity index (χ0n) is 13.6. The van der Waals surface area contributed by atoms with Crippen molar-refractivity contribution in [3.63, 3.8) is 0 Å². The first-order chi connectivity index (χ1) is 11.0. The maximum Gasteiger partial charge on any atom is 0.141 e. The van der Waals surface area contributed by atoms with Gasteiger partial charge in [0.15, 0.2) is 0 Å². The largest absolute Gasteiger partial charge is 0.392 e. The Labute approximate surface area is 135 Å². The normalized spacial score (nSPS) is 22.1. The molecule has 0 radical (unpaired) electrons. The van der Waals surface area contributed by atoms with E-state index in [4.69, 9.17) is 0 Å². The second kappa shape index (κ2) is 6.76. The summed E-state index contributed by atoms with van der Waals surface area (Å²) in [4.78, 5) is 6.56. The van der Waals surface area contributed by atoms with Crippen LogP contribution in [0.25, 0.3) is 0 Å². The Morgan fingerprint density at radius 1 is 1.30 bits per heavy atom. The van der Waals surface area contributed by atoms with E-state index in [1.54, 1.807) is 18.5 Å². The lowest BCUT2D eigenvalue weighted by Gasteiger charge is -2.24. The lowest BCUT2D eigenvalue weighted by molar-refractivity contribution is 0.170. The molecule has 2 aromatic rings. The summed E-state index contributed by atoms with van der Waals surface area (Å²) < 4.78 is 15.1. The molecule has 2 atom stereocenters. The third-order valence-electron chi connectivity index (χ3n) is 4.21. The highest BCUT2D eigenvalue weighted by Gasteiger charge is 2.32. The van der Waals surface area contributed by atoms with Gasteiger partial charge in [0.25, 0.3) is 0 Å². The van der Waals surface area contributed by atoms with Crippen molar-refractivity contribution in [1.82, 2.24) is 19.7 Å².